The van der Waals surface area contributed by atoms with Crippen LogP contribution in [0.15, 0.2) is 47.3 Å². The van der Waals surface area contributed by atoms with Crippen LogP contribution in [0.2, 0.25) is 0 Å². The SMILES string of the molecule is CC[C@H]1O[C@@H](n2cc(C)c(N)nc2=O)[C@@H](OCCOC)C1OP(=O)(O)OC[C@H]1O[C@@H](n2cc(C)c(N)nc2=O)[C@@H](OCCOC)C1OP(O)(=S)OC[C@H]1O[C@@H](n2cnc3c(N)ncnc32)[C@@H](OCCOC)C1OP(=O)(S)OC[C@H]1O[C@@H](n2cnc3c(N)ncnc32)[C@@H](OCCOC)C1O. The highest BCUT2D eigenvalue weighted by molar-refractivity contribution is 8.44. The number of aliphatic hydroxyl groups is 1. The van der Waals surface area contributed by atoms with E-state index in [0.29, 0.717) is 11.1 Å². The van der Waals surface area contributed by atoms with Gasteiger partial charge in [0.15, 0.2) is 47.8 Å². The second kappa shape index (κ2) is 33.4. The van der Waals surface area contributed by atoms with Gasteiger partial charge < -0.3 is 99.2 Å². The van der Waals surface area contributed by atoms with Gasteiger partial charge in [-0.15, -0.1) is 0 Å². The molecule has 6 aromatic heterocycles. The third-order valence-electron chi connectivity index (χ3n) is 16.2. The summed E-state index contributed by atoms with van der Waals surface area (Å²) in [6.07, 6.45) is -14.0. The number of aliphatic hydroxyl groups excluding tert-OH is 1. The summed E-state index contributed by atoms with van der Waals surface area (Å²) < 4.78 is 142. The van der Waals surface area contributed by atoms with Crippen molar-refractivity contribution in [1.82, 2.24) is 58.1 Å². The molecule has 4 aliphatic rings. The molecule has 0 spiro atoms. The minimum atomic E-state index is -5.34. The van der Waals surface area contributed by atoms with E-state index in [0.717, 1.165) is 9.13 Å². The fraction of sp³-hybridized carbons (Fsp3) is 0.660. The Balaban J connectivity index is 0.935. The van der Waals surface area contributed by atoms with Gasteiger partial charge in [0.2, 0.25) is 0 Å². The number of nitrogen functional groups attached to an aromatic ring is 4. The normalized spacial score (nSPS) is 29.0. The van der Waals surface area contributed by atoms with E-state index in [4.69, 9.17) is 119 Å². The predicted molar refractivity (Wildman–Crippen MR) is 349 cm³/mol. The van der Waals surface area contributed by atoms with Crippen LogP contribution in [0.4, 0.5) is 23.3 Å². The van der Waals surface area contributed by atoms with Crippen LogP contribution in [-0.2, 0) is 105 Å². The minimum absolute atomic E-state index is 0.00523. The number of ether oxygens (including phenoxy) is 12. The van der Waals surface area contributed by atoms with Crippen molar-refractivity contribution in [3.8, 4) is 0 Å². The molecule has 7 unspecified atom stereocenters. The first-order valence-corrected chi connectivity index (χ1v) is 37.4. The van der Waals surface area contributed by atoms with Gasteiger partial charge in [0, 0.05) is 52.0 Å². The summed E-state index contributed by atoms with van der Waals surface area (Å²) in [7, 11) is 0.381. The average molecular weight is 1500 g/mol. The maximum atomic E-state index is 14.9. The smallest absolute Gasteiger partial charge is 0.387 e. The standard InChI is InChI=1S/C53H79N16O25P3S2/c1-8-28-35(39(82-14-10-78-5)49(88-28)66-17-26(2)42(54)64-52(66)71)92-95(73,74)85-20-30-36(40(83-15-11-79-6)50(90-30)67-18-27(3)43(55)65-53(67)72)93-97(76,99)87-21-31-37(41(84-16-12-80-7)51(91-31)69-25-63-33-45(57)59-23-61-47(33)69)94-96(75,98)86-19-29-34(70)38(81-13-9-77-4)48(89-29)68-24-62-32-44(56)58-22-60-46(32)68/h17-18,22-25,28-31,34-41,48-51,70H,8-16,19-21H2,1-7H3,(H,73,74)(H,75,98)(H,76,99)(H2,54,64,71)(H2,55,65,72)(H2,56,58,60)(H2,57,59,61)/t28-,29-,30-,31-,34?,35?,36?,37?,38+,39+,40+,41+,48-,49-,50-,51-,96?,97?/m1/s1. The Labute approximate surface area is 574 Å². The summed E-state index contributed by atoms with van der Waals surface area (Å²) in [5, 5.41) is 11.8. The van der Waals surface area contributed by atoms with E-state index in [1.807, 2.05) is 0 Å². The maximum absolute atomic E-state index is 14.9. The van der Waals surface area contributed by atoms with Gasteiger partial charge in [-0.3, -0.25) is 40.9 Å². The molecular formula is C53H79N16O25P3S2. The number of methoxy groups -OCH3 is 4. The molecule has 4 aliphatic heterocycles. The first kappa shape index (κ1) is 76.3. The molecule has 0 radical (unpaired) electrons. The molecule has 19 atom stereocenters. The summed E-state index contributed by atoms with van der Waals surface area (Å²) in [6, 6.07) is 0. The van der Waals surface area contributed by atoms with Crippen molar-refractivity contribution >= 4 is 91.0 Å². The maximum Gasteiger partial charge on any atom is 0.472 e. The Kier molecular flexibility index (Phi) is 25.8. The summed E-state index contributed by atoms with van der Waals surface area (Å²) >= 11 is 10.2. The first-order valence-electron chi connectivity index (χ1n) is 30.6. The predicted octanol–water partition coefficient (Wildman–Crippen LogP) is 0.173. The number of anilines is 4. The average Bonchev–Trinajstić information content (AvgIpc) is 1.64. The molecule has 0 amide bonds. The quantitative estimate of drug-likeness (QED) is 0.0148. The van der Waals surface area contributed by atoms with Crippen molar-refractivity contribution in [2.45, 2.75) is 125 Å². The molecular weight excluding hydrogens is 1420 g/mol. The van der Waals surface area contributed by atoms with Crippen molar-refractivity contribution in [1.29, 1.82) is 0 Å². The second-order valence-corrected chi connectivity index (χ2v) is 29.7. The number of hydrogen-bond acceptors (Lipinski definition) is 36. The van der Waals surface area contributed by atoms with Gasteiger partial charge in [0.25, 0.3) is 0 Å². The zero-order valence-corrected chi connectivity index (χ0v) is 58.8. The number of imidazole rings is 2. The van der Waals surface area contributed by atoms with Gasteiger partial charge in [0.05, 0.1) is 91.4 Å². The van der Waals surface area contributed by atoms with E-state index in [9.17, 15) is 33.6 Å². The highest BCUT2D eigenvalue weighted by Gasteiger charge is 2.56. The topological polar surface area (TPSA) is 522 Å². The number of phosphoric acid groups is 1. The molecule has 4 fully saturated rings. The Morgan fingerprint density at radius 3 is 1.37 bits per heavy atom. The molecule has 0 bridgehead atoms. The van der Waals surface area contributed by atoms with Crippen molar-refractivity contribution in [3.63, 3.8) is 0 Å². The zero-order chi connectivity index (χ0) is 71.1. The Morgan fingerprint density at radius 2 is 0.909 bits per heavy atom. The highest BCUT2D eigenvalue weighted by Crippen LogP contribution is 2.58. The largest absolute Gasteiger partial charge is 0.472 e. The lowest BCUT2D eigenvalue weighted by Crippen LogP contribution is -2.41. The lowest BCUT2D eigenvalue weighted by Gasteiger charge is -2.30. The minimum Gasteiger partial charge on any atom is -0.387 e. The van der Waals surface area contributed by atoms with Gasteiger partial charge in [0.1, 0.15) is 102 Å². The van der Waals surface area contributed by atoms with Crippen molar-refractivity contribution in [2.75, 3.05) is 124 Å². The fourth-order valence-corrected chi connectivity index (χ4v) is 15.2. The van der Waals surface area contributed by atoms with E-state index in [1.165, 1.54) is 75.3 Å². The van der Waals surface area contributed by atoms with Crippen LogP contribution >= 0.6 is 33.6 Å². The van der Waals surface area contributed by atoms with Gasteiger partial charge >= 0.3 is 32.7 Å². The molecule has 99 heavy (non-hydrogen) atoms. The lowest BCUT2D eigenvalue weighted by molar-refractivity contribution is -0.0844. The number of fused-ring (bicyclic) bond motifs is 2. The van der Waals surface area contributed by atoms with Crippen LogP contribution in [0, 0.1) is 13.8 Å². The monoisotopic (exact) mass is 1500 g/mol. The van der Waals surface area contributed by atoms with E-state index >= 15 is 0 Å². The van der Waals surface area contributed by atoms with Gasteiger partial charge in [-0.25, -0.2) is 48.6 Å². The summed E-state index contributed by atoms with van der Waals surface area (Å²) in [5.41, 5.74) is 24.1. The molecule has 10 heterocycles. The number of aryl methyl sites for hydroxylation is 2. The van der Waals surface area contributed by atoms with E-state index < -0.39 is 151 Å². The van der Waals surface area contributed by atoms with Crippen LogP contribution in [0.5, 0.6) is 0 Å². The number of nitrogens with two attached hydrogens (primary N) is 4. The molecule has 41 nitrogen and oxygen atoms in total. The number of hydrogen-bond donors (Lipinski definition) is 8. The second-order valence-electron chi connectivity index (χ2n) is 22.6. The third kappa shape index (κ3) is 17.7. The number of rotatable bonds is 36. The molecule has 10 rings (SSSR count). The molecule has 548 valence electrons. The van der Waals surface area contributed by atoms with Crippen molar-refractivity contribution < 1.29 is 108 Å². The number of aromatic nitrogens is 12. The lowest BCUT2D eigenvalue weighted by atomic mass is 10.1. The van der Waals surface area contributed by atoms with Crippen molar-refractivity contribution in [2.24, 2.45) is 0 Å². The van der Waals surface area contributed by atoms with Crippen LogP contribution < -0.4 is 34.3 Å². The highest BCUT2D eigenvalue weighted by atomic mass is 32.7. The Hall–Kier alpha value is -5.32. The van der Waals surface area contributed by atoms with Crippen LogP contribution in [0.1, 0.15) is 49.4 Å². The summed E-state index contributed by atoms with van der Waals surface area (Å²) in [5.74, 6) is -0.0572. The molecule has 4 saturated heterocycles. The van der Waals surface area contributed by atoms with E-state index in [2.05, 4.69) is 52.1 Å². The number of nitrogens with zero attached hydrogens (tertiary/aromatic N) is 12. The molecule has 0 saturated carbocycles. The molecule has 0 aromatic carbocycles. The van der Waals surface area contributed by atoms with Crippen LogP contribution in [0.3, 0.4) is 0 Å². The van der Waals surface area contributed by atoms with Gasteiger partial charge in [-0.2, -0.15) is 9.97 Å². The summed E-state index contributed by atoms with van der Waals surface area (Å²) in [6.45, 7) is -7.30. The van der Waals surface area contributed by atoms with Crippen LogP contribution in [0.25, 0.3) is 22.3 Å². The van der Waals surface area contributed by atoms with Gasteiger partial charge in [-0.1, -0.05) is 19.2 Å². The van der Waals surface area contributed by atoms with Crippen molar-refractivity contribution in [3.05, 3.63) is 69.8 Å². The van der Waals surface area contributed by atoms with E-state index in [-0.39, 0.29) is 105 Å². The molecule has 0 aliphatic carbocycles. The fourth-order valence-electron chi connectivity index (χ4n) is 11.3. The summed E-state index contributed by atoms with van der Waals surface area (Å²) in [4.78, 5) is 84.4. The molecule has 11 N–H and O–H groups in total. The Bertz CT molecular complexity index is 4000. The molecule has 46 heteroatoms. The zero-order valence-electron chi connectivity index (χ0n) is 54.4. The molecule has 6 aromatic rings. The first-order chi connectivity index (χ1) is 47.3. The number of thiol groups is 1. The van der Waals surface area contributed by atoms with Crippen LogP contribution in [-0.4, -0.2) is 247 Å². The van der Waals surface area contributed by atoms with Gasteiger partial charge in [-0.05, 0) is 32.1 Å². The van der Waals surface area contributed by atoms with E-state index in [1.54, 1.807) is 20.8 Å². The third-order valence-corrected chi connectivity index (χ3v) is 20.3. The number of phosphoric ester groups is 1. The Morgan fingerprint density at radius 1 is 0.515 bits per heavy atom.